The van der Waals surface area contributed by atoms with Gasteiger partial charge in [-0.3, -0.25) is 0 Å². The van der Waals surface area contributed by atoms with Gasteiger partial charge in [-0.25, -0.2) is 24.9 Å². The molecular weight excluding hydrogens is 827 g/mol. The lowest BCUT2D eigenvalue weighted by Crippen LogP contribution is -2.00. The van der Waals surface area contributed by atoms with Gasteiger partial charge in [-0.15, -0.1) is 0 Å². The van der Waals surface area contributed by atoms with E-state index in [1.807, 2.05) is 12.1 Å². The molecule has 68 heavy (non-hydrogen) atoms. The summed E-state index contributed by atoms with van der Waals surface area (Å²) in [5.41, 5.74) is 14.1. The maximum Gasteiger partial charge on any atom is 0.164 e. The normalized spacial score (nSPS) is 11.2. The van der Waals surface area contributed by atoms with Gasteiger partial charge in [-0.1, -0.05) is 218 Å². The van der Waals surface area contributed by atoms with Crippen LogP contribution in [-0.4, -0.2) is 24.9 Å². The van der Waals surface area contributed by atoms with E-state index in [0.29, 0.717) is 23.3 Å². The van der Waals surface area contributed by atoms with Crippen molar-refractivity contribution < 1.29 is 0 Å². The second-order valence-electron chi connectivity index (χ2n) is 16.9. The van der Waals surface area contributed by atoms with Crippen molar-refractivity contribution in [1.82, 2.24) is 24.9 Å². The van der Waals surface area contributed by atoms with E-state index in [2.05, 4.69) is 237 Å². The minimum atomic E-state index is 0.603. The van der Waals surface area contributed by atoms with E-state index in [1.165, 1.54) is 21.9 Å². The molecular formula is C63H41N5. The molecule has 5 heteroatoms. The lowest BCUT2D eigenvalue weighted by Gasteiger charge is -2.12. The molecule has 12 aromatic rings. The van der Waals surface area contributed by atoms with Gasteiger partial charge in [0.25, 0.3) is 0 Å². The first-order valence-electron chi connectivity index (χ1n) is 22.8. The number of aromatic nitrogens is 5. The zero-order valence-corrected chi connectivity index (χ0v) is 36.9. The molecule has 0 aliphatic rings. The molecule has 12 rings (SSSR count). The lowest BCUT2D eigenvalue weighted by molar-refractivity contribution is 1.08. The highest BCUT2D eigenvalue weighted by Crippen LogP contribution is 2.35. The Bertz CT molecular complexity index is 3580. The van der Waals surface area contributed by atoms with Crippen molar-refractivity contribution in [3.05, 3.63) is 249 Å². The Morgan fingerprint density at radius 1 is 0.162 bits per heavy atom. The average Bonchev–Trinajstić information content (AvgIpc) is 3.43. The van der Waals surface area contributed by atoms with Crippen molar-refractivity contribution in [3.8, 4) is 101 Å². The van der Waals surface area contributed by atoms with Gasteiger partial charge in [0.05, 0.1) is 11.4 Å². The molecule has 10 aromatic carbocycles. The summed E-state index contributed by atoms with van der Waals surface area (Å²) in [5.74, 6) is 2.51. The third-order valence-corrected chi connectivity index (χ3v) is 12.5. The second-order valence-corrected chi connectivity index (χ2v) is 16.9. The van der Waals surface area contributed by atoms with Gasteiger partial charge in [0.2, 0.25) is 0 Å². The first kappa shape index (κ1) is 40.3. The first-order chi connectivity index (χ1) is 33.6. The fourth-order valence-corrected chi connectivity index (χ4v) is 8.89. The van der Waals surface area contributed by atoms with Crippen LogP contribution in [0.1, 0.15) is 0 Å². The summed E-state index contributed by atoms with van der Waals surface area (Å²) in [6.07, 6.45) is 0. The Labute approximate surface area is 394 Å². The molecule has 0 amide bonds. The fourth-order valence-electron chi connectivity index (χ4n) is 8.89. The molecule has 5 nitrogen and oxygen atoms in total. The quantitative estimate of drug-likeness (QED) is 0.145. The van der Waals surface area contributed by atoms with Gasteiger partial charge in [0, 0.05) is 33.4 Å². The summed E-state index contributed by atoms with van der Waals surface area (Å²) in [7, 11) is 0. The van der Waals surface area contributed by atoms with Crippen LogP contribution in [0.2, 0.25) is 0 Å². The first-order valence-corrected chi connectivity index (χ1v) is 22.8. The van der Waals surface area contributed by atoms with Crippen molar-refractivity contribution in [2.75, 3.05) is 0 Å². The number of rotatable bonds is 9. The van der Waals surface area contributed by atoms with Crippen LogP contribution in [0.3, 0.4) is 0 Å². The van der Waals surface area contributed by atoms with E-state index >= 15 is 0 Å². The summed E-state index contributed by atoms with van der Waals surface area (Å²) in [6, 6.07) is 86.6. The van der Waals surface area contributed by atoms with Crippen LogP contribution < -0.4 is 0 Å². The molecule has 0 saturated heterocycles. The Morgan fingerprint density at radius 3 is 1.00 bits per heavy atom. The summed E-state index contributed by atoms with van der Waals surface area (Å²) < 4.78 is 0. The van der Waals surface area contributed by atoms with Crippen LogP contribution in [-0.2, 0) is 0 Å². The van der Waals surface area contributed by atoms with E-state index in [-0.39, 0.29) is 0 Å². The zero-order chi connectivity index (χ0) is 45.2. The predicted octanol–water partition coefficient (Wildman–Crippen LogP) is 16.0. The van der Waals surface area contributed by atoms with Crippen LogP contribution >= 0.6 is 0 Å². The third-order valence-electron chi connectivity index (χ3n) is 12.5. The van der Waals surface area contributed by atoms with Crippen molar-refractivity contribution >= 4 is 21.5 Å². The molecule has 0 spiro atoms. The number of benzene rings is 10. The number of hydrogen-bond acceptors (Lipinski definition) is 5. The predicted molar refractivity (Wildman–Crippen MR) is 279 cm³/mol. The topological polar surface area (TPSA) is 64.5 Å². The second kappa shape index (κ2) is 17.7. The number of fused-ring (bicyclic) bond motifs is 2. The van der Waals surface area contributed by atoms with Gasteiger partial charge in [0.15, 0.2) is 23.3 Å². The maximum atomic E-state index is 5.24. The van der Waals surface area contributed by atoms with Gasteiger partial charge >= 0.3 is 0 Å². The van der Waals surface area contributed by atoms with E-state index < -0.39 is 0 Å². The smallest absolute Gasteiger partial charge is 0.164 e. The largest absolute Gasteiger partial charge is 0.228 e. The molecule has 0 unspecified atom stereocenters. The number of nitrogens with zero attached hydrogens (tertiary/aromatic N) is 5. The van der Waals surface area contributed by atoms with E-state index in [4.69, 9.17) is 24.9 Å². The Morgan fingerprint density at radius 2 is 0.485 bits per heavy atom. The minimum absolute atomic E-state index is 0.603. The van der Waals surface area contributed by atoms with Crippen molar-refractivity contribution in [3.63, 3.8) is 0 Å². The zero-order valence-electron chi connectivity index (χ0n) is 36.9. The molecule has 0 fully saturated rings. The van der Waals surface area contributed by atoms with Crippen LogP contribution in [0.25, 0.3) is 123 Å². The van der Waals surface area contributed by atoms with Gasteiger partial charge in [-0.05, 0) is 85.3 Å². The molecule has 0 aliphatic carbocycles. The lowest BCUT2D eigenvalue weighted by atomic mass is 9.98. The van der Waals surface area contributed by atoms with E-state index in [1.54, 1.807) is 0 Å². The Hall–Kier alpha value is -9.19. The van der Waals surface area contributed by atoms with Crippen molar-refractivity contribution in [2.45, 2.75) is 0 Å². The SMILES string of the molecule is c1ccc(-c2ccc(-c3cc(-c4cccc(-c5cccc(-c6nc(-c7ccc8ccccc8c7)nc(-c7ccc8ccccc8c7)n6)c5)c4)nc(-c4ccc(-c5ccccc5)cc4)n3)cc2)cc1. The van der Waals surface area contributed by atoms with Crippen molar-refractivity contribution in [2.24, 2.45) is 0 Å². The monoisotopic (exact) mass is 867 g/mol. The summed E-state index contributed by atoms with van der Waals surface area (Å²) in [4.78, 5) is 25.8. The van der Waals surface area contributed by atoms with E-state index in [9.17, 15) is 0 Å². The highest BCUT2D eigenvalue weighted by atomic mass is 15.0. The highest BCUT2D eigenvalue weighted by Gasteiger charge is 2.16. The van der Waals surface area contributed by atoms with Gasteiger partial charge in [-0.2, -0.15) is 0 Å². The Balaban J connectivity index is 0.935. The molecule has 0 atom stereocenters. The molecule has 0 N–H and O–H groups in total. The molecule has 0 radical (unpaired) electrons. The fraction of sp³-hybridized carbons (Fsp3) is 0. The molecule has 0 saturated carbocycles. The van der Waals surface area contributed by atoms with Gasteiger partial charge < -0.3 is 0 Å². The molecule has 0 aliphatic heterocycles. The molecule has 0 bridgehead atoms. The van der Waals surface area contributed by atoms with Gasteiger partial charge in [0.1, 0.15) is 0 Å². The molecule has 2 aromatic heterocycles. The van der Waals surface area contributed by atoms with Crippen LogP contribution in [0.15, 0.2) is 249 Å². The van der Waals surface area contributed by atoms with Crippen molar-refractivity contribution in [1.29, 1.82) is 0 Å². The highest BCUT2D eigenvalue weighted by molar-refractivity contribution is 5.89. The Kier molecular flexibility index (Phi) is 10.5. The molecule has 2 heterocycles. The standard InChI is InChI=1S/C63H41N5/c1-3-13-42(14-4-1)46-25-31-48(32-26-46)58-41-59(65-60(64-58)49-33-27-47(28-34-49)43-15-5-2-6-16-43)54-23-11-21-52(37-54)53-22-12-24-55(40-53)61-66-62(56-35-29-44-17-7-9-19-50(44)38-56)68-63(67-61)57-36-30-45-18-8-10-20-51(45)39-57/h1-41H. The minimum Gasteiger partial charge on any atom is -0.228 e. The summed E-state index contributed by atoms with van der Waals surface area (Å²) in [6.45, 7) is 0. The van der Waals surface area contributed by atoms with Crippen LogP contribution in [0.4, 0.5) is 0 Å². The van der Waals surface area contributed by atoms with E-state index in [0.717, 1.165) is 77.8 Å². The number of hydrogen-bond donors (Lipinski definition) is 0. The maximum absolute atomic E-state index is 5.24. The summed E-state index contributed by atoms with van der Waals surface area (Å²) in [5, 5.41) is 4.59. The average molecular weight is 868 g/mol. The molecule has 318 valence electrons. The van der Waals surface area contributed by atoms with Crippen LogP contribution in [0, 0.1) is 0 Å². The summed E-state index contributed by atoms with van der Waals surface area (Å²) >= 11 is 0. The van der Waals surface area contributed by atoms with Crippen LogP contribution in [0.5, 0.6) is 0 Å². The third kappa shape index (κ3) is 8.21.